The van der Waals surface area contributed by atoms with E-state index < -0.39 is 0 Å². The summed E-state index contributed by atoms with van der Waals surface area (Å²) in [5.74, 6) is -0.608. The summed E-state index contributed by atoms with van der Waals surface area (Å²) in [6.07, 6.45) is 0. The lowest BCUT2D eigenvalue weighted by atomic mass is 10.1. The number of amides is 1. The highest BCUT2D eigenvalue weighted by molar-refractivity contribution is 6.04. The first kappa shape index (κ1) is 18.9. The number of carbonyl (C=O) groups excluding carboxylic acids is 1. The first-order valence-corrected chi connectivity index (χ1v) is 8.54. The van der Waals surface area contributed by atoms with Crippen LogP contribution in [0, 0.1) is 5.82 Å². The predicted octanol–water partition coefficient (Wildman–Crippen LogP) is 3.99. The Balaban J connectivity index is 2.04. The summed E-state index contributed by atoms with van der Waals surface area (Å²) < 4.78 is 14.0. The van der Waals surface area contributed by atoms with Crippen molar-refractivity contribution in [1.29, 1.82) is 0 Å². The molecule has 0 heterocycles. The maximum Gasteiger partial charge on any atom is 0.255 e. The molecule has 25 heavy (non-hydrogen) atoms. The van der Waals surface area contributed by atoms with E-state index in [1.807, 2.05) is 12.1 Å². The van der Waals surface area contributed by atoms with Gasteiger partial charge in [0.05, 0.1) is 5.69 Å². The van der Waals surface area contributed by atoms with Gasteiger partial charge in [0, 0.05) is 31.9 Å². The van der Waals surface area contributed by atoms with Crippen LogP contribution >= 0.6 is 0 Å². The quantitative estimate of drug-likeness (QED) is 0.826. The largest absolute Gasteiger partial charge is 0.375 e. The van der Waals surface area contributed by atoms with E-state index >= 15 is 0 Å². The van der Waals surface area contributed by atoms with E-state index in [2.05, 4.69) is 24.1 Å². The Morgan fingerprint density at radius 2 is 1.68 bits per heavy atom. The van der Waals surface area contributed by atoms with Crippen molar-refractivity contribution in [2.75, 3.05) is 37.4 Å². The molecule has 1 amide bonds. The van der Waals surface area contributed by atoms with E-state index in [0.29, 0.717) is 16.9 Å². The van der Waals surface area contributed by atoms with Crippen LogP contribution in [-0.4, -0.2) is 38.0 Å². The van der Waals surface area contributed by atoms with Crippen molar-refractivity contribution < 1.29 is 9.18 Å². The summed E-state index contributed by atoms with van der Waals surface area (Å²) in [4.78, 5) is 16.3. The molecular formula is C20H26FN3O. The van der Waals surface area contributed by atoms with Gasteiger partial charge in [0.2, 0.25) is 0 Å². The molecule has 5 heteroatoms. The topological polar surface area (TPSA) is 35.6 Å². The van der Waals surface area contributed by atoms with Gasteiger partial charge in [0.1, 0.15) is 5.82 Å². The molecule has 0 aliphatic rings. The molecule has 0 radical (unpaired) electrons. The van der Waals surface area contributed by atoms with Gasteiger partial charge in [-0.15, -0.1) is 0 Å². The number of rotatable bonds is 7. The van der Waals surface area contributed by atoms with Crippen LogP contribution < -0.4 is 10.2 Å². The van der Waals surface area contributed by atoms with Crippen molar-refractivity contribution in [3.05, 3.63) is 59.4 Å². The minimum absolute atomic E-state index is 0.244. The molecular weight excluding hydrogens is 317 g/mol. The van der Waals surface area contributed by atoms with Crippen LogP contribution in [0.5, 0.6) is 0 Å². The van der Waals surface area contributed by atoms with Gasteiger partial charge in [-0.3, -0.25) is 9.69 Å². The normalized spacial score (nSPS) is 10.8. The first-order valence-electron chi connectivity index (χ1n) is 8.54. The van der Waals surface area contributed by atoms with Crippen LogP contribution in [0.4, 0.5) is 15.8 Å². The van der Waals surface area contributed by atoms with Crippen LogP contribution in [0.15, 0.2) is 42.5 Å². The highest BCUT2D eigenvalue weighted by Gasteiger charge is 2.10. The SMILES string of the molecule is CCN(CC)Cc1ccc(C(=O)Nc2ccc(N(C)C)c(F)c2)cc1. The monoisotopic (exact) mass is 343 g/mol. The number of nitrogens with zero attached hydrogens (tertiary/aromatic N) is 2. The number of halogens is 1. The Morgan fingerprint density at radius 3 is 2.20 bits per heavy atom. The molecule has 4 nitrogen and oxygen atoms in total. The lowest BCUT2D eigenvalue weighted by molar-refractivity contribution is 0.102. The summed E-state index contributed by atoms with van der Waals surface area (Å²) >= 11 is 0. The molecule has 0 spiro atoms. The Kier molecular flexibility index (Phi) is 6.53. The molecule has 0 saturated carbocycles. The fourth-order valence-corrected chi connectivity index (χ4v) is 2.62. The predicted molar refractivity (Wildman–Crippen MR) is 102 cm³/mol. The van der Waals surface area contributed by atoms with E-state index in [9.17, 15) is 9.18 Å². The maximum absolute atomic E-state index is 14.0. The van der Waals surface area contributed by atoms with Gasteiger partial charge in [0.25, 0.3) is 5.91 Å². The number of nitrogens with one attached hydrogen (secondary N) is 1. The molecule has 2 aromatic carbocycles. The third-order valence-corrected chi connectivity index (χ3v) is 4.20. The average Bonchev–Trinajstić information content (AvgIpc) is 2.59. The summed E-state index contributed by atoms with van der Waals surface area (Å²) in [5, 5.41) is 2.74. The van der Waals surface area contributed by atoms with Gasteiger partial charge in [-0.2, -0.15) is 0 Å². The van der Waals surface area contributed by atoms with Gasteiger partial charge in [0.15, 0.2) is 0 Å². The minimum atomic E-state index is -0.364. The van der Waals surface area contributed by atoms with E-state index in [4.69, 9.17) is 0 Å². The molecule has 0 unspecified atom stereocenters. The van der Waals surface area contributed by atoms with Crippen LogP contribution in [0.2, 0.25) is 0 Å². The standard InChI is InChI=1S/C20H26FN3O/c1-5-24(6-2)14-15-7-9-16(10-8-15)20(25)22-17-11-12-19(23(3)4)18(21)13-17/h7-13H,5-6,14H2,1-4H3,(H,22,25). The average molecular weight is 343 g/mol. The molecule has 0 atom stereocenters. The Labute approximate surface area is 149 Å². The zero-order chi connectivity index (χ0) is 18.4. The zero-order valence-electron chi connectivity index (χ0n) is 15.3. The van der Waals surface area contributed by atoms with Gasteiger partial charge < -0.3 is 10.2 Å². The van der Waals surface area contributed by atoms with Gasteiger partial charge >= 0.3 is 0 Å². The number of benzene rings is 2. The smallest absolute Gasteiger partial charge is 0.255 e. The molecule has 0 bridgehead atoms. The molecule has 1 N–H and O–H groups in total. The molecule has 0 aliphatic heterocycles. The van der Waals surface area contributed by atoms with Crippen molar-refractivity contribution in [3.63, 3.8) is 0 Å². The molecule has 0 saturated heterocycles. The molecule has 2 aromatic rings. The van der Waals surface area contributed by atoms with Gasteiger partial charge in [-0.05, 0) is 49.0 Å². The second-order valence-corrected chi connectivity index (χ2v) is 6.17. The third kappa shape index (κ3) is 5.03. The third-order valence-electron chi connectivity index (χ3n) is 4.20. The van der Waals surface area contributed by atoms with Crippen LogP contribution in [0.3, 0.4) is 0 Å². The summed E-state index contributed by atoms with van der Waals surface area (Å²) in [6, 6.07) is 12.2. The molecule has 2 rings (SSSR count). The Bertz CT molecular complexity index is 709. The highest BCUT2D eigenvalue weighted by Crippen LogP contribution is 2.21. The fourth-order valence-electron chi connectivity index (χ4n) is 2.62. The van der Waals surface area contributed by atoms with E-state index in [0.717, 1.165) is 19.6 Å². The number of hydrogen-bond acceptors (Lipinski definition) is 3. The Hall–Kier alpha value is -2.40. The maximum atomic E-state index is 14.0. The second kappa shape index (κ2) is 8.62. The number of hydrogen-bond donors (Lipinski definition) is 1. The van der Waals surface area contributed by atoms with Crippen LogP contribution in [0.25, 0.3) is 0 Å². The summed E-state index contributed by atoms with van der Waals surface area (Å²) in [7, 11) is 3.55. The summed E-state index contributed by atoms with van der Waals surface area (Å²) in [5.41, 5.74) is 2.65. The summed E-state index contributed by atoms with van der Waals surface area (Å²) in [6.45, 7) is 7.12. The molecule has 0 aromatic heterocycles. The van der Waals surface area contributed by atoms with Crippen LogP contribution in [-0.2, 0) is 6.54 Å². The lowest BCUT2D eigenvalue weighted by Crippen LogP contribution is -2.22. The fraction of sp³-hybridized carbons (Fsp3) is 0.350. The van der Waals surface area contributed by atoms with Crippen molar-refractivity contribution in [2.24, 2.45) is 0 Å². The highest BCUT2D eigenvalue weighted by atomic mass is 19.1. The van der Waals surface area contributed by atoms with Gasteiger partial charge in [-0.25, -0.2) is 4.39 Å². The number of anilines is 2. The van der Waals surface area contributed by atoms with E-state index in [1.165, 1.54) is 11.6 Å². The lowest BCUT2D eigenvalue weighted by Gasteiger charge is -2.18. The zero-order valence-corrected chi connectivity index (χ0v) is 15.3. The van der Waals surface area contributed by atoms with Crippen LogP contribution in [0.1, 0.15) is 29.8 Å². The molecule has 0 fully saturated rings. The van der Waals surface area contributed by atoms with E-state index in [1.54, 1.807) is 43.3 Å². The second-order valence-electron chi connectivity index (χ2n) is 6.17. The molecule has 134 valence electrons. The van der Waals surface area contributed by atoms with Crippen molar-refractivity contribution in [2.45, 2.75) is 20.4 Å². The first-order chi connectivity index (χ1) is 11.9. The molecule has 0 aliphatic carbocycles. The van der Waals surface area contributed by atoms with Crippen molar-refractivity contribution in [3.8, 4) is 0 Å². The van der Waals surface area contributed by atoms with Crippen molar-refractivity contribution >= 4 is 17.3 Å². The van der Waals surface area contributed by atoms with Crippen molar-refractivity contribution in [1.82, 2.24) is 4.90 Å². The van der Waals surface area contributed by atoms with E-state index in [-0.39, 0.29) is 11.7 Å². The number of carbonyl (C=O) groups is 1. The Morgan fingerprint density at radius 1 is 1.04 bits per heavy atom. The minimum Gasteiger partial charge on any atom is -0.375 e. The van der Waals surface area contributed by atoms with Gasteiger partial charge in [-0.1, -0.05) is 26.0 Å².